The van der Waals surface area contributed by atoms with Gasteiger partial charge in [0.25, 0.3) is 0 Å². The maximum absolute atomic E-state index is 5.37. The largest absolute Gasteiger partial charge is 0.496 e. The van der Waals surface area contributed by atoms with Crippen LogP contribution in [0.25, 0.3) is 5.65 Å². The van der Waals surface area contributed by atoms with Crippen LogP contribution in [-0.4, -0.2) is 16.5 Å². The highest BCUT2D eigenvalue weighted by atomic mass is 79.9. The number of benzene rings is 1. The van der Waals surface area contributed by atoms with Gasteiger partial charge in [-0.15, -0.1) is 0 Å². The fourth-order valence-corrected chi connectivity index (χ4v) is 2.50. The van der Waals surface area contributed by atoms with E-state index in [1.165, 1.54) is 0 Å². The molecule has 0 saturated heterocycles. The van der Waals surface area contributed by atoms with Crippen LogP contribution >= 0.6 is 15.9 Å². The number of aromatic nitrogens is 2. The van der Waals surface area contributed by atoms with Crippen molar-refractivity contribution in [3.63, 3.8) is 0 Å². The minimum Gasteiger partial charge on any atom is -0.496 e. The zero-order valence-electron chi connectivity index (χ0n) is 10.5. The zero-order valence-corrected chi connectivity index (χ0v) is 12.1. The second-order valence-corrected chi connectivity index (χ2v) is 5.25. The second kappa shape index (κ2) is 5.05. The molecule has 0 spiro atoms. The Morgan fingerprint density at radius 2 is 2.00 bits per heavy atom. The third-order valence-electron chi connectivity index (χ3n) is 3.03. The first kappa shape index (κ1) is 12.2. The molecule has 96 valence electrons. The summed E-state index contributed by atoms with van der Waals surface area (Å²) in [6, 6.07) is 12.0. The van der Waals surface area contributed by atoms with Crippen molar-refractivity contribution in [2.75, 3.05) is 7.11 Å². The van der Waals surface area contributed by atoms with Crippen LogP contribution in [0, 0.1) is 0 Å². The van der Waals surface area contributed by atoms with Gasteiger partial charge in [0.15, 0.2) is 0 Å². The molecule has 2 heterocycles. The van der Waals surface area contributed by atoms with Crippen LogP contribution in [0.4, 0.5) is 0 Å². The Bertz CT molecular complexity index is 721. The van der Waals surface area contributed by atoms with E-state index in [-0.39, 0.29) is 0 Å². The van der Waals surface area contributed by atoms with Gasteiger partial charge in [0.05, 0.1) is 12.8 Å². The van der Waals surface area contributed by atoms with E-state index in [0.29, 0.717) is 0 Å². The fourth-order valence-electron chi connectivity index (χ4n) is 2.15. The van der Waals surface area contributed by atoms with Crippen LogP contribution in [0.15, 0.2) is 53.3 Å². The number of hydrogen-bond donors (Lipinski definition) is 0. The van der Waals surface area contributed by atoms with Crippen molar-refractivity contribution < 1.29 is 4.74 Å². The number of pyridine rings is 1. The molecule has 0 bridgehead atoms. The van der Waals surface area contributed by atoms with Crippen LogP contribution in [-0.2, 0) is 6.42 Å². The lowest BCUT2D eigenvalue weighted by Crippen LogP contribution is -1.93. The van der Waals surface area contributed by atoms with Crippen molar-refractivity contribution in [3.8, 4) is 5.75 Å². The Hall–Kier alpha value is -1.81. The molecule has 0 amide bonds. The number of halogens is 1. The summed E-state index contributed by atoms with van der Waals surface area (Å²) in [5.41, 5.74) is 3.13. The normalized spacial score (nSPS) is 10.8. The molecule has 2 aromatic heterocycles. The van der Waals surface area contributed by atoms with Crippen LogP contribution in [0.5, 0.6) is 5.75 Å². The molecule has 0 saturated carbocycles. The highest BCUT2D eigenvalue weighted by Crippen LogP contribution is 2.21. The van der Waals surface area contributed by atoms with Gasteiger partial charge in [-0.3, -0.25) is 0 Å². The topological polar surface area (TPSA) is 26.5 Å². The van der Waals surface area contributed by atoms with Gasteiger partial charge in [-0.25, -0.2) is 4.98 Å². The van der Waals surface area contributed by atoms with Crippen molar-refractivity contribution in [2.24, 2.45) is 0 Å². The minimum absolute atomic E-state index is 0.767. The molecule has 0 aliphatic rings. The smallest absolute Gasteiger partial charge is 0.137 e. The Labute approximate surface area is 120 Å². The summed E-state index contributed by atoms with van der Waals surface area (Å²) in [5.74, 6) is 0.903. The lowest BCUT2D eigenvalue weighted by molar-refractivity contribution is 0.410. The predicted octanol–water partition coefficient (Wildman–Crippen LogP) is 3.70. The standard InChI is InChI=1S/C15H13BrN2O/c1-19-14-5-3-2-4-11(14)8-13-10-18-9-12(16)6-7-15(18)17-13/h2-7,9-10H,8H2,1H3. The summed E-state index contributed by atoms with van der Waals surface area (Å²) in [6.45, 7) is 0. The maximum atomic E-state index is 5.37. The molecule has 0 atom stereocenters. The van der Waals surface area contributed by atoms with Crippen molar-refractivity contribution in [1.82, 2.24) is 9.38 Å². The molecule has 3 rings (SSSR count). The molecule has 1 aromatic carbocycles. The summed E-state index contributed by atoms with van der Waals surface area (Å²) in [4.78, 5) is 4.61. The highest BCUT2D eigenvalue weighted by Gasteiger charge is 2.06. The first-order chi connectivity index (χ1) is 9.26. The molecule has 0 radical (unpaired) electrons. The number of methoxy groups -OCH3 is 1. The summed E-state index contributed by atoms with van der Waals surface area (Å²) < 4.78 is 8.43. The zero-order chi connectivity index (χ0) is 13.2. The van der Waals surface area contributed by atoms with Crippen LogP contribution in [0.1, 0.15) is 11.3 Å². The van der Waals surface area contributed by atoms with Gasteiger partial charge in [-0.2, -0.15) is 0 Å². The van der Waals surface area contributed by atoms with E-state index in [1.54, 1.807) is 7.11 Å². The van der Waals surface area contributed by atoms with Gasteiger partial charge in [0, 0.05) is 28.9 Å². The number of fused-ring (bicyclic) bond motifs is 1. The molecular formula is C15H13BrN2O. The molecule has 0 unspecified atom stereocenters. The molecule has 3 aromatic rings. The lowest BCUT2D eigenvalue weighted by Gasteiger charge is -2.05. The first-order valence-corrected chi connectivity index (χ1v) is 6.80. The fraction of sp³-hybridized carbons (Fsp3) is 0.133. The van der Waals surface area contributed by atoms with Crippen molar-refractivity contribution in [3.05, 3.63) is 64.5 Å². The van der Waals surface area contributed by atoms with Gasteiger partial charge < -0.3 is 9.14 Å². The third-order valence-corrected chi connectivity index (χ3v) is 3.50. The number of rotatable bonds is 3. The monoisotopic (exact) mass is 316 g/mol. The van der Waals surface area contributed by atoms with E-state index >= 15 is 0 Å². The Morgan fingerprint density at radius 3 is 2.84 bits per heavy atom. The Kier molecular flexibility index (Phi) is 3.25. The molecule has 0 aliphatic carbocycles. The van der Waals surface area contributed by atoms with E-state index in [4.69, 9.17) is 4.74 Å². The minimum atomic E-state index is 0.767. The molecule has 0 aliphatic heterocycles. The second-order valence-electron chi connectivity index (χ2n) is 4.33. The summed E-state index contributed by atoms with van der Waals surface area (Å²) >= 11 is 3.46. The number of imidazole rings is 1. The van der Waals surface area contributed by atoms with E-state index in [2.05, 4.69) is 27.0 Å². The molecule has 3 nitrogen and oxygen atoms in total. The number of hydrogen-bond acceptors (Lipinski definition) is 2. The SMILES string of the molecule is COc1ccccc1Cc1cn2cc(Br)ccc2n1. The average molecular weight is 317 g/mol. The van der Waals surface area contributed by atoms with Gasteiger partial charge in [-0.05, 0) is 34.1 Å². The van der Waals surface area contributed by atoms with Crippen LogP contribution in [0.2, 0.25) is 0 Å². The van der Waals surface area contributed by atoms with Crippen LogP contribution < -0.4 is 4.74 Å². The first-order valence-electron chi connectivity index (χ1n) is 6.01. The van der Waals surface area contributed by atoms with Crippen molar-refractivity contribution in [1.29, 1.82) is 0 Å². The van der Waals surface area contributed by atoms with E-state index in [9.17, 15) is 0 Å². The average Bonchev–Trinajstić information content (AvgIpc) is 2.80. The quantitative estimate of drug-likeness (QED) is 0.736. The molecule has 0 N–H and O–H groups in total. The third kappa shape index (κ3) is 2.49. The molecule has 19 heavy (non-hydrogen) atoms. The summed E-state index contributed by atoms with van der Waals surface area (Å²) in [5, 5.41) is 0. The molecule has 4 heteroatoms. The lowest BCUT2D eigenvalue weighted by atomic mass is 10.1. The summed E-state index contributed by atoms with van der Waals surface area (Å²) in [7, 11) is 1.69. The highest BCUT2D eigenvalue weighted by molar-refractivity contribution is 9.10. The predicted molar refractivity (Wildman–Crippen MR) is 78.7 cm³/mol. The number of nitrogens with zero attached hydrogens (tertiary/aromatic N) is 2. The van der Waals surface area contributed by atoms with E-state index in [0.717, 1.165) is 33.5 Å². The van der Waals surface area contributed by atoms with Gasteiger partial charge in [0.2, 0.25) is 0 Å². The van der Waals surface area contributed by atoms with E-state index < -0.39 is 0 Å². The van der Waals surface area contributed by atoms with Gasteiger partial charge in [-0.1, -0.05) is 18.2 Å². The molecule has 0 fully saturated rings. The Balaban J connectivity index is 1.96. The number of ether oxygens (including phenoxy) is 1. The van der Waals surface area contributed by atoms with Crippen molar-refractivity contribution in [2.45, 2.75) is 6.42 Å². The van der Waals surface area contributed by atoms with Crippen molar-refractivity contribution >= 4 is 21.6 Å². The van der Waals surface area contributed by atoms with Gasteiger partial charge >= 0.3 is 0 Å². The maximum Gasteiger partial charge on any atom is 0.137 e. The van der Waals surface area contributed by atoms with Gasteiger partial charge in [0.1, 0.15) is 11.4 Å². The van der Waals surface area contributed by atoms with E-state index in [1.807, 2.05) is 47.1 Å². The number of para-hydroxylation sites is 1. The Morgan fingerprint density at radius 1 is 1.16 bits per heavy atom. The van der Waals surface area contributed by atoms with Crippen LogP contribution in [0.3, 0.4) is 0 Å². The molecular weight excluding hydrogens is 304 g/mol. The summed E-state index contributed by atoms with van der Waals surface area (Å²) in [6.07, 6.45) is 4.82.